The summed E-state index contributed by atoms with van der Waals surface area (Å²) in [6, 6.07) is 9.06. The van der Waals surface area contributed by atoms with E-state index in [0.717, 1.165) is 5.69 Å². The Balaban J connectivity index is 1.36. The summed E-state index contributed by atoms with van der Waals surface area (Å²) >= 11 is 5.97. The Hall–Kier alpha value is -3.26. The number of carbonyl (C=O) groups is 1. The average Bonchev–Trinajstić information content (AvgIpc) is 2.75. The minimum absolute atomic E-state index is 0.0806. The lowest BCUT2D eigenvalue weighted by molar-refractivity contribution is 0.0745. The molecule has 0 bridgehead atoms. The van der Waals surface area contributed by atoms with Crippen LogP contribution in [0.2, 0.25) is 5.02 Å². The van der Waals surface area contributed by atoms with Gasteiger partial charge in [0.15, 0.2) is 0 Å². The van der Waals surface area contributed by atoms with Crippen LogP contribution in [-0.2, 0) is 0 Å². The monoisotopic (exact) mass is 395 g/mol. The highest BCUT2D eigenvalue weighted by Crippen LogP contribution is 2.18. The van der Waals surface area contributed by atoms with E-state index in [1.165, 1.54) is 12.4 Å². The van der Waals surface area contributed by atoms with Crippen molar-refractivity contribution in [3.05, 3.63) is 65.7 Å². The van der Waals surface area contributed by atoms with Gasteiger partial charge in [-0.2, -0.15) is 0 Å². The van der Waals surface area contributed by atoms with Crippen LogP contribution < -0.4 is 10.2 Å². The van der Waals surface area contributed by atoms with Crippen LogP contribution in [0.15, 0.2) is 55.1 Å². The zero-order valence-corrected chi connectivity index (χ0v) is 15.8. The topological polar surface area (TPSA) is 87.1 Å². The maximum absolute atomic E-state index is 12.7. The normalized spacial score (nSPS) is 14.0. The molecular formula is C19H18ClN7O. The number of piperazine rings is 1. The smallest absolute Gasteiger partial charge is 0.257 e. The van der Waals surface area contributed by atoms with Gasteiger partial charge >= 0.3 is 0 Å². The predicted octanol–water partition coefficient (Wildman–Crippen LogP) is 2.63. The summed E-state index contributed by atoms with van der Waals surface area (Å²) in [5.41, 5.74) is 1.24. The molecule has 1 saturated heterocycles. The molecule has 0 aliphatic carbocycles. The van der Waals surface area contributed by atoms with E-state index < -0.39 is 0 Å². The van der Waals surface area contributed by atoms with Gasteiger partial charge < -0.3 is 15.1 Å². The molecule has 0 unspecified atom stereocenters. The maximum Gasteiger partial charge on any atom is 0.257 e. The summed E-state index contributed by atoms with van der Waals surface area (Å²) in [5.74, 6) is 1.02. The van der Waals surface area contributed by atoms with Crippen molar-refractivity contribution in [1.29, 1.82) is 0 Å². The van der Waals surface area contributed by atoms with Crippen LogP contribution >= 0.6 is 11.6 Å². The third kappa shape index (κ3) is 4.17. The Labute approximate surface area is 167 Å². The minimum atomic E-state index is -0.0806. The third-order valence-corrected chi connectivity index (χ3v) is 4.62. The molecule has 28 heavy (non-hydrogen) atoms. The van der Waals surface area contributed by atoms with Crippen LogP contribution in [0, 0.1) is 0 Å². The van der Waals surface area contributed by atoms with Crippen molar-refractivity contribution in [1.82, 2.24) is 24.8 Å². The van der Waals surface area contributed by atoms with Gasteiger partial charge in [-0.15, -0.1) is 0 Å². The highest BCUT2D eigenvalue weighted by Gasteiger charge is 2.23. The Morgan fingerprint density at radius 2 is 1.68 bits per heavy atom. The number of hydrogen-bond donors (Lipinski definition) is 1. The van der Waals surface area contributed by atoms with Crippen molar-refractivity contribution >= 4 is 35.1 Å². The highest BCUT2D eigenvalue weighted by atomic mass is 35.5. The largest absolute Gasteiger partial charge is 0.337 e. The first kappa shape index (κ1) is 18.1. The van der Waals surface area contributed by atoms with E-state index >= 15 is 0 Å². The number of hydrogen-bond acceptors (Lipinski definition) is 7. The number of halogens is 1. The van der Waals surface area contributed by atoms with Crippen LogP contribution in [-0.4, -0.2) is 56.9 Å². The lowest BCUT2D eigenvalue weighted by Crippen LogP contribution is -2.49. The second kappa shape index (κ2) is 8.18. The van der Waals surface area contributed by atoms with E-state index in [1.54, 1.807) is 35.5 Å². The average molecular weight is 396 g/mol. The molecule has 1 amide bonds. The first-order valence-corrected chi connectivity index (χ1v) is 9.23. The molecular weight excluding hydrogens is 378 g/mol. The van der Waals surface area contributed by atoms with Crippen molar-refractivity contribution in [2.45, 2.75) is 0 Å². The first-order valence-electron chi connectivity index (χ1n) is 8.85. The molecule has 0 spiro atoms. The van der Waals surface area contributed by atoms with Gasteiger partial charge in [-0.1, -0.05) is 17.7 Å². The molecule has 1 fully saturated rings. The Morgan fingerprint density at radius 3 is 2.36 bits per heavy atom. The zero-order chi connectivity index (χ0) is 19.3. The highest BCUT2D eigenvalue weighted by molar-refractivity contribution is 6.30. The summed E-state index contributed by atoms with van der Waals surface area (Å²) in [6.45, 7) is 2.56. The summed E-state index contributed by atoms with van der Waals surface area (Å²) < 4.78 is 0. The molecule has 9 heteroatoms. The Morgan fingerprint density at radius 1 is 0.964 bits per heavy atom. The van der Waals surface area contributed by atoms with Crippen molar-refractivity contribution in [2.24, 2.45) is 0 Å². The van der Waals surface area contributed by atoms with Crippen LogP contribution in [0.1, 0.15) is 10.4 Å². The molecule has 4 rings (SSSR count). The van der Waals surface area contributed by atoms with Gasteiger partial charge in [0, 0.05) is 61.7 Å². The number of nitrogens with one attached hydrogen (secondary N) is 1. The van der Waals surface area contributed by atoms with E-state index in [1.807, 2.05) is 12.1 Å². The van der Waals surface area contributed by atoms with E-state index in [2.05, 4.69) is 30.2 Å². The lowest BCUT2D eigenvalue weighted by Gasteiger charge is -2.34. The molecule has 0 radical (unpaired) electrons. The lowest BCUT2D eigenvalue weighted by atomic mass is 10.2. The second-order valence-corrected chi connectivity index (χ2v) is 6.70. The van der Waals surface area contributed by atoms with Crippen LogP contribution in [0.4, 0.5) is 17.6 Å². The predicted molar refractivity (Wildman–Crippen MR) is 107 cm³/mol. The van der Waals surface area contributed by atoms with Gasteiger partial charge in [0.05, 0.1) is 5.56 Å². The van der Waals surface area contributed by atoms with Crippen molar-refractivity contribution in [2.75, 3.05) is 36.4 Å². The van der Waals surface area contributed by atoms with Crippen LogP contribution in [0.25, 0.3) is 0 Å². The Kier molecular flexibility index (Phi) is 5.29. The number of benzene rings is 1. The third-order valence-electron chi connectivity index (χ3n) is 4.38. The molecule has 3 aromatic rings. The molecule has 0 atom stereocenters. The van der Waals surface area contributed by atoms with Crippen LogP contribution in [0.3, 0.4) is 0 Å². The maximum atomic E-state index is 12.7. The fourth-order valence-electron chi connectivity index (χ4n) is 2.94. The van der Waals surface area contributed by atoms with Crippen molar-refractivity contribution in [3.8, 4) is 0 Å². The van der Waals surface area contributed by atoms with Gasteiger partial charge in [-0.25, -0.2) is 19.9 Å². The fourth-order valence-corrected chi connectivity index (χ4v) is 3.14. The molecule has 0 saturated carbocycles. The molecule has 142 valence electrons. The number of aromatic nitrogens is 4. The van der Waals surface area contributed by atoms with Gasteiger partial charge in [0.1, 0.15) is 0 Å². The van der Waals surface area contributed by atoms with Gasteiger partial charge in [0.2, 0.25) is 11.9 Å². The molecule has 2 aromatic heterocycles. The number of carbonyl (C=O) groups excluding carboxylic acids is 1. The molecule has 1 N–H and O–H groups in total. The number of nitrogens with zero attached hydrogens (tertiary/aromatic N) is 6. The summed E-state index contributed by atoms with van der Waals surface area (Å²) in [6.07, 6.45) is 6.51. The number of amides is 1. The van der Waals surface area contributed by atoms with Gasteiger partial charge in [-0.3, -0.25) is 4.79 Å². The van der Waals surface area contributed by atoms with Crippen molar-refractivity contribution < 1.29 is 4.79 Å². The minimum Gasteiger partial charge on any atom is -0.337 e. The Bertz CT molecular complexity index is 944. The van der Waals surface area contributed by atoms with E-state index in [-0.39, 0.29) is 5.91 Å². The van der Waals surface area contributed by atoms with Gasteiger partial charge in [0.25, 0.3) is 5.91 Å². The molecule has 1 aromatic carbocycles. The standard InChI is InChI=1S/C19H18ClN7O/c20-15-3-1-4-16(11-15)25-18-23-12-14(13-24-18)17(28)26-7-9-27(10-8-26)19-21-5-2-6-22-19/h1-6,11-13H,7-10H2,(H,23,24,25). The first-order chi connectivity index (χ1) is 13.7. The van der Waals surface area contributed by atoms with Crippen LogP contribution in [0.5, 0.6) is 0 Å². The quantitative estimate of drug-likeness (QED) is 0.726. The van der Waals surface area contributed by atoms with Crippen molar-refractivity contribution in [3.63, 3.8) is 0 Å². The molecule has 8 nitrogen and oxygen atoms in total. The summed E-state index contributed by atoms with van der Waals surface area (Å²) in [7, 11) is 0. The second-order valence-electron chi connectivity index (χ2n) is 6.26. The zero-order valence-electron chi connectivity index (χ0n) is 15.0. The van der Waals surface area contributed by atoms with E-state index in [9.17, 15) is 4.79 Å². The number of anilines is 3. The molecule has 1 aliphatic heterocycles. The van der Waals surface area contributed by atoms with E-state index in [0.29, 0.717) is 48.7 Å². The summed E-state index contributed by atoms with van der Waals surface area (Å²) in [4.78, 5) is 33.6. The summed E-state index contributed by atoms with van der Waals surface area (Å²) in [5, 5.41) is 3.68. The van der Waals surface area contributed by atoms with E-state index in [4.69, 9.17) is 11.6 Å². The SMILES string of the molecule is O=C(c1cnc(Nc2cccc(Cl)c2)nc1)N1CCN(c2ncccn2)CC1. The fraction of sp³-hybridized carbons (Fsp3) is 0.211. The van der Waals surface area contributed by atoms with Gasteiger partial charge in [-0.05, 0) is 24.3 Å². The molecule has 3 heterocycles. The molecule has 1 aliphatic rings. The number of rotatable bonds is 4.